The predicted octanol–water partition coefficient (Wildman–Crippen LogP) is 1.33. The summed E-state index contributed by atoms with van der Waals surface area (Å²) in [6, 6.07) is 9.27. The van der Waals surface area contributed by atoms with Gasteiger partial charge in [0.2, 0.25) is 0 Å². The fraction of sp³-hybridized carbons (Fsp3) is 0.0909. The van der Waals surface area contributed by atoms with E-state index in [9.17, 15) is 0 Å². The van der Waals surface area contributed by atoms with Gasteiger partial charge in [-0.1, -0.05) is 6.07 Å². The van der Waals surface area contributed by atoms with E-state index < -0.39 is 0 Å². The highest BCUT2D eigenvalue weighted by Crippen LogP contribution is 2.20. The Morgan fingerprint density at radius 2 is 2.31 bits per heavy atom. The molecular weight excluding hydrogens is 204 g/mol. The third-order valence-corrected chi connectivity index (χ3v) is 2.22. The molecule has 0 amide bonds. The fourth-order valence-electron chi connectivity index (χ4n) is 1.39. The van der Waals surface area contributed by atoms with Crippen LogP contribution in [0.4, 0.5) is 5.82 Å². The third-order valence-electron chi connectivity index (χ3n) is 2.22. The highest BCUT2D eigenvalue weighted by molar-refractivity contribution is 5.53. The van der Waals surface area contributed by atoms with Crippen LogP contribution in [-0.4, -0.2) is 16.9 Å². The van der Waals surface area contributed by atoms with Crippen molar-refractivity contribution >= 4 is 5.82 Å². The molecule has 5 heteroatoms. The first-order valence-electron chi connectivity index (χ1n) is 4.64. The standard InChI is InChI=1S/C11H10N4O/c1-16-10-4-2-3-9(5-10)15-11(13)8(6-12)7-14-15/h2-5,7H,13H2,1H3. The van der Waals surface area contributed by atoms with Gasteiger partial charge in [0.25, 0.3) is 0 Å². The number of aromatic nitrogens is 2. The molecule has 0 unspecified atom stereocenters. The van der Waals surface area contributed by atoms with E-state index in [1.807, 2.05) is 24.3 Å². The number of hydrogen-bond acceptors (Lipinski definition) is 4. The van der Waals surface area contributed by atoms with Crippen molar-refractivity contribution in [3.05, 3.63) is 36.0 Å². The van der Waals surface area contributed by atoms with Gasteiger partial charge < -0.3 is 10.5 Å². The lowest BCUT2D eigenvalue weighted by molar-refractivity contribution is 0.414. The maximum absolute atomic E-state index is 8.77. The normalized spacial score (nSPS) is 9.75. The summed E-state index contributed by atoms with van der Waals surface area (Å²) < 4.78 is 6.60. The third kappa shape index (κ3) is 1.57. The van der Waals surface area contributed by atoms with Gasteiger partial charge in [0.1, 0.15) is 23.2 Å². The summed E-state index contributed by atoms with van der Waals surface area (Å²) in [4.78, 5) is 0. The van der Waals surface area contributed by atoms with E-state index in [1.54, 1.807) is 13.2 Å². The zero-order valence-electron chi connectivity index (χ0n) is 8.71. The van der Waals surface area contributed by atoms with Gasteiger partial charge in [-0.3, -0.25) is 0 Å². The predicted molar refractivity (Wildman–Crippen MR) is 59.2 cm³/mol. The lowest BCUT2D eigenvalue weighted by Crippen LogP contribution is -2.02. The van der Waals surface area contributed by atoms with Crippen LogP contribution in [0.3, 0.4) is 0 Å². The molecule has 0 aliphatic rings. The molecule has 0 aliphatic carbocycles. The Kier molecular flexibility index (Phi) is 2.48. The van der Waals surface area contributed by atoms with Crippen molar-refractivity contribution < 1.29 is 4.74 Å². The van der Waals surface area contributed by atoms with Crippen LogP contribution in [0, 0.1) is 11.3 Å². The van der Waals surface area contributed by atoms with Gasteiger partial charge >= 0.3 is 0 Å². The minimum absolute atomic E-state index is 0.329. The monoisotopic (exact) mass is 214 g/mol. The second kappa shape index (κ2) is 3.95. The van der Waals surface area contributed by atoms with Crippen molar-refractivity contribution in [2.75, 3.05) is 12.8 Å². The van der Waals surface area contributed by atoms with Crippen LogP contribution >= 0.6 is 0 Å². The van der Waals surface area contributed by atoms with Crippen LogP contribution in [0.15, 0.2) is 30.5 Å². The molecule has 0 atom stereocenters. The molecule has 0 fully saturated rings. The van der Waals surface area contributed by atoms with Crippen LogP contribution in [0.1, 0.15) is 5.56 Å². The van der Waals surface area contributed by atoms with E-state index in [0.29, 0.717) is 17.1 Å². The molecule has 0 aliphatic heterocycles. The van der Waals surface area contributed by atoms with Crippen LogP contribution in [-0.2, 0) is 0 Å². The quantitative estimate of drug-likeness (QED) is 0.818. The molecule has 2 rings (SSSR count). The van der Waals surface area contributed by atoms with Crippen molar-refractivity contribution in [2.24, 2.45) is 0 Å². The Morgan fingerprint density at radius 1 is 1.50 bits per heavy atom. The number of nitrogen functional groups attached to an aromatic ring is 1. The number of benzene rings is 1. The number of methoxy groups -OCH3 is 1. The molecule has 0 radical (unpaired) electrons. The van der Waals surface area contributed by atoms with E-state index in [0.717, 1.165) is 5.69 Å². The Bertz CT molecular complexity index is 553. The topological polar surface area (TPSA) is 76.9 Å². The molecule has 0 bridgehead atoms. The Morgan fingerprint density at radius 3 is 2.94 bits per heavy atom. The van der Waals surface area contributed by atoms with Crippen molar-refractivity contribution in [2.45, 2.75) is 0 Å². The average Bonchev–Trinajstić information content (AvgIpc) is 2.70. The van der Waals surface area contributed by atoms with Gasteiger partial charge in [0, 0.05) is 6.07 Å². The molecule has 0 saturated heterocycles. The molecule has 0 saturated carbocycles. The van der Waals surface area contributed by atoms with Crippen molar-refractivity contribution in [3.8, 4) is 17.5 Å². The summed E-state index contributed by atoms with van der Waals surface area (Å²) in [6.07, 6.45) is 1.44. The SMILES string of the molecule is COc1cccc(-n2ncc(C#N)c2N)c1. The average molecular weight is 214 g/mol. The summed E-state index contributed by atoms with van der Waals surface area (Å²) in [5.41, 5.74) is 6.90. The number of nitriles is 1. The van der Waals surface area contributed by atoms with Crippen LogP contribution in [0.2, 0.25) is 0 Å². The second-order valence-electron chi connectivity index (χ2n) is 3.17. The van der Waals surface area contributed by atoms with Gasteiger partial charge in [-0.2, -0.15) is 10.4 Å². The minimum Gasteiger partial charge on any atom is -0.497 e. The molecule has 0 spiro atoms. The number of anilines is 1. The summed E-state index contributed by atoms with van der Waals surface area (Å²) >= 11 is 0. The molecule has 1 aromatic carbocycles. The number of hydrogen-bond donors (Lipinski definition) is 1. The first kappa shape index (κ1) is 10.1. The van der Waals surface area contributed by atoms with Gasteiger partial charge in [-0.05, 0) is 12.1 Å². The Labute approximate surface area is 92.7 Å². The highest BCUT2D eigenvalue weighted by Gasteiger charge is 2.08. The van der Waals surface area contributed by atoms with E-state index >= 15 is 0 Å². The van der Waals surface area contributed by atoms with Gasteiger partial charge in [-0.25, -0.2) is 4.68 Å². The molecular formula is C11H10N4O. The molecule has 2 N–H and O–H groups in total. The lowest BCUT2D eigenvalue weighted by Gasteiger charge is -2.05. The van der Waals surface area contributed by atoms with E-state index in [2.05, 4.69) is 5.10 Å². The summed E-state index contributed by atoms with van der Waals surface area (Å²) in [7, 11) is 1.59. The number of nitrogens with zero attached hydrogens (tertiary/aromatic N) is 3. The summed E-state index contributed by atoms with van der Waals surface area (Å²) in [5, 5.41) is 12.8. The van der Waals surface area contributed by atoms with Crippen LogP contribution < -0.4 is 10.5 Å². The lowest BCUT2D eigenvalue weighted by atomic mass is 10.3. The zero-order chi connectivity index (χ0) is 11.5. The number of ether oxygens (including phenoxy) is 1. The zero-order valence-corrected chi connectivity index (χ0v) is 8.71. The smallest absolute Gasteiger partial charge is 0.145 e. The van der Waals surface area contributed by atoms with Gasteiger partial charge in [0.05, 0.1) is 19.0 Å². The molecule has 16 heavy (non-hydrogen) atoms. The minimum atomic E-state index is 0.329. The molecule has 5 nitrogen and oxygen atoms in total. The maximum Gasteiger partial charge on any atom is 0.145 e. The first-order valence-corrected chi connectivity index (χ1v) is 4.64. The highest BCUT2D eigenvalue weighted by atomic mass is 16.5. The van der Waals surface area contributed by atoms with E-state index in [-0.39, 0.29) is 0 Å². The Balaban J connectivity index is 2.51. The molecule has 1 aromatic heterocycles. The molecule has 1 heterocycles. The molecule has 2 aromatic rings. The van der Waals surface area contributed by atoms with Gasteiger partial charge in [-0.15, -0.1) is 0 Å². The first-order chi connectivity index (χ1) is 7.76. The van der Waals surface area contributed by atoms with Crippen molar-refractivity contribution in [3.63, 3.8) is 0 Å². The number of nitrogens with two attached hydrogens (primary N) is 1. The van der Waals surface area contributed by atoms with Gasteiger partial charge in [0.15, 0.2) is 0 Å². The van der Waals surface area contributed by atoms with Crippen LogP contribution in [0.5, 0.6) is 5.75 Å². The second-order valence-corrected chi connectivity index (χ2v) is 3.17. The van der Waals surface area contributed by atoms with E-state index in [4.69, 9.17) is 15.7 Å². The number of rotatable bonds is 2. The fourth-order valence-corrected chi connectivity index (χ4v) is 1.39. The van der Waals surface area contributed by atoms with Crippen molar-refractivity contribution in [1.82, 2.24) is 9.78 Å². The maximum atomic E-state index is 8.77. The summed E-state index contributed by atoms with van der Waals surface area (Å²) in [5.74, 6) is 1.04. The van der Waals surface area contributed by atoms with Crippen LogP contribution in [0.25, 0.3) is 5.69 Å². The van der Waals surface area contributed by atoms with Crippen molar-refractivity contribution in [1.29, 1.82) is 5.26 Å². The molecule has 80 valence electrons. The van der Waals surface area contributed by atoms with E-state index in [1.165, 1.54) is 10.9 Å². The largest absolute Gasteiger partial charge is 0.497 e. The summed E-state index contributed by atoms with van der Waals surface area (Å²) in [6.45, 7) is 0. The Hall–Kier alpha value is -2.48.